The Bertz CT molecular complexity index is 720. The third kappa shape index (κ3) is 2.63. The van der Waals surface area contributed by atoms with Crippen LogP contribution in [0.2, 0.25) is 5.02 Å². The molecule has 2 aromatic carbocycles. The Hall–Kier alpha value is -2.39. The first-order valence-electron chi connectivity index (χ1n) is 6.06. The van der Waals surface area contributed by atoms with Gasteiger partial charge in [0.2, 0.25) is 5.90 Å². The monoisotopic (exact) mass is 283 g/mol. The molecule has 0 bridgehead atoms. The van der Waals surface area contributed by atoms with Crippen LogP contribution in [0, 0.1) is 0 Å². The minimum Gasteiger partial charge on any atom is -0.402 e. The van der Waals surface area contributed by atoms with Gasteiger partial charge in [-0.2, -0.15) is 0 Å². The van der Waals surface area contributed by atoms with Gasteiger partial charge in [-0.1, -0.05) is 41.9 Å². The van der Waals surface area contributed by atoms with Gasteiger partial charge in [-0.3, -0.25) is 0 Å². The van der Waals surface area contributed by atoms with E-state index in [1.165, 1.54) is 0 Å². The van der Waals surface area contributed by atoms with Crippen LogP contribution in [0.5, 0.6) is 0 Å². The molecule has 1 aliphatic heterocycles. The lowest BCUT2D eigenvalue weighted by Gasteiger charge is -1.97. The molecular formula is C16H10ClNO2. The third-order valence-corrected chi connectivity index (χ3v) is 3.03. The third-order valence-electron chi connectivity index (χ3n) is 2.79. The average Bonchev–Trinajstić information content (AvgIpc) is 2.81. The van der Waals surface area contributed by atoms with Crippen molar-refractivity contribution in [2.75, 3.05) is 0 Å². The second-order valence-electron chi connectivity index (χ2n) is 4.26. The fourth-order valence-electron chi connectivity index (χ4n) is 1.87. The maximum absolute atomic E-state index is 11.8. The number of halogens is 1. The number of carbonyl (C=O) groups is 1. The molecule has 3 nitrogen and oxygen atoms in total. The molecule has 0 saturated heterocycles. The van der Waals surface area contributed by atoms with E-state index in [2.05, 4.69) is 4.99 Å². The smallest absolute Gasteiger partial charge is 0.363 e. The molecule has 20 heavy (non-hydrogen) atoms. The Labute approximate surface area is 121 Å². The number of aliphatic imine (C=N–C) groups is 1. The predicted molar refractivity (Wildman–Crippen MR) is 78.5 cm³/mol. The van der Waals surface area contributed by atoms with Gasteiger partial charge in [0.25, 0.3) is 0 Å². The highest BCUT2D eigenvalue weighted by Crippen LogP contribution is 2.20. The fourth-order valence-corrected chi connectivity index (χ4v) is 2.07. The van der Waals surface area contributed by atoms with Crippen LogP contribution in [0.1, 0.15) is 11.1 Å². The Balaban J connectivity index is 1.95. The van der Waals surface area contributed by atoms with Gasteiger partial charge in [-0.05, 0) is 35.9 Å². The SMILES string of the molecule is O=C1OC(c2ccccc2)=N/C1=C\c1cccc(Cl)c1. The van der Waals surface area contributed by atoms with E-state index in [1.54, 1.807) is 18.2 Å². The van der Waals surface area contributed by atoms with Crippen molar-refractivity contribution in [1.29, 1.82) is 0 Å². The zero-order valence-electron chi connectivity index (χ0n) is 10.4. The molecule has 0 radical (unpaired) electrons. The van der Waals surface area contributed by atoms with E-state index in [4.69, 9.17) is 16.3 Å². The first kappa shape index (κ1) is 12.6. The minimum atomic E-state index is -0.455. The van der Waals surface area contributed by atoms with Crippen LogP contribution >= 0.6 is 11.6 Å². The number of nitrogens with zero attached hydrogens (tertiary/aromatic N) is 1. The molecule has 0 spiro atoms. The standard InChI is InChI=1S/C16H10ClNO2/c17-13-8-4-5-11(9-13)10-14-16(19)20-15(18-14)12-6-2-1-3-7-12/h1-10H/b14-10-. The molecule has 2 aromatic rings. The van der Waals surface area contributed by atoms with Crippen molar-refractivity contribution in [2.45, 2.75) is 0 Å². The lowest BCUT2D eigenvalue weighted by atomic mass is 10.2. The number of hydrogen-bond donors (Lipinski definition) is 0. The summed E-state index contributed by atoms with van der Waals surface area (Å²) in [6.45, 7) is 0. The Morgan fingerprint density at radius 2 is 1.85 bits per heavy atom. The Morgan fingerprint density at radius 1 is 1.05 bits per heavy atom. The number of carbonyl (C=O) groups excluding carboxylic acids is 1. The van der Waals surface area contributed by atoms with Crippen LogP contribution in [-0.2, 0) is 9.53 Å². The number of ether oxygens (including phenoxy) is 1. The van der Waals surface area contributed by atoms with E-state index in [0.717, 1.165) is 11.1 Å². The summed E-state index contributed by atoms with van der Waals surface area (Å²) in [4.78, 5) is 16.0. The highest BCUT2D eigenvalue weighted by atomic mass is 35.5. The number of rotatable bonds is 2. The molecule has 1 heterocycles. The molecule has 0 aliphatic carbocycles. The first-order chi connectivity index (χ1) is 9.72. The lowest BCUT2D eigenvalue weighted by molar-refractivity contribution is -0.129. The van der Waals surface area contributed by atoms with E-state index in [-0.39, 0.29) is 5.70 Å². The van der Waals surface area contributed by atoms with Gasteiger partial charge in [-0.25, -0.2) is 9.79 Å². The number of hydrogen-bond acceptors (Lipinski definition) is 3. The van der Waals surface area contributed by atoms with Gasteiger partial charge in [0.15, 0.2) is 5.70 Å². The van der Waals surface area contributed by atoms with Gasteiger partial charge < -0.3 is 4.74 Å². The van der Waals surface area contributed by atoms with Gasteiger partial charge in [-0.15, -0.1) is 0 Å². The van der Waals surface area contributed by atoms with E-state index in [1.807, 2.05) is 42.5 Å². The van der Waals surface area contributed by atoms with Crippen LogP contribution in [-0.4, -0.2) is 11.9 Å². The summed E-state index contributed by atoms with van der Waals surface area (Å²) in [5, 5.41) is 0.609. The van der Waals surface area contributed by atoms with Crippen LogP contribution in [0.4, 0.5) is 0 Å². The van der Waals surface area contributed by atoms with Gasteiger partial charge in [0.1, 0.15) is 0 Å². The highest BCUT2D eigenvalue weighted by Gasteiger charge is 2.23. The molecule has 0 N–H and O–H groups in total. The second-order valence-corrected chi connectivity index (χ2v) is 4.69. The van der Waals surface area contributed by atoms with Crippen LogP contribution in [0.15, 0.2) is 65.3 Å². The van der Waals surface area contributed by atoms with Crippen molar-refractivity contribution in [3.63, 3.8) is 0 Å². The maximum Gasteiger partial charge on any atom is 0.363 e. The predicted octanol–water partition coefficient (Wildman–Crippen LogP) is 3.68. The highest BCUT2D eigenvalue weighted by molar-refractivity contribution is 6.30. The second kappa shape index (κ2) is 5.31. The maximum atomic E-state index is 11.8. The quantitative estimate of drug-likeness (QED) is 0.623. The molecule has 3 rings (SSSR count). The Kier molecular flexibility index (Phi) is 3.35. The molecule has 0 unspecified atom stereocenters. The topological polar surface area (TPSA) is 38.7 Å². The zero-order chi connectivity index (χ0) is 13.9. The van der Waals surface area contributed by atoms with E-state index < -0.39 is 5.97 Å². The molecule has 0 saturated carbocycles. The van der Waals surface area contributed by atoms with Crippen molar-refractivity contribution in [2.24, 2.45) is 4.99 Å². The van der Waals surface area contributed by atoms with E-state index in [9.17, 15) is 4.79 Å². The first-order valence-corrected chi connectivity index (χ1v) is 6.44. The molecule has 0 aromatic heterocycles. The van der Waals surface area contributed by atoms with Crippen LogP contribution in [0.25, 0.3) is 6.08 Å². The molecule has 4 heteroatoms. The van der Waals surface area contributed by atoms with Crippen molar-refractivity contribution in [3.8, 4) is 0 Å². The zero-order valence-corrected chi connectivity index (χ0v) is 11.2. The summed E-state index contributed by atoms with van der Waals surface area (Å²) >= 11 is 5.91. The van der Waals surface area contributed by atoms with Crippen molar-refractivity contribution in [3.05, 3.63) is 76.4 Å². The van der Waals surface area contributed by atoms with Gasteiger partial charge in [0, 0.05) is 10.6 Å². The van der Waals surface area contributed by atoms with Gasteiger partial charge >= 0.3 is 5.97 Å². The number of cyclic esters (lactones) is 1. The fraction of sp³-hybridized carbons (Fsp3) is 0. The van der Waals surface area contributed by atoms with Crippen molar-refractivity contribution >= 4 is 29.5 Å². The average molecular weight is 284 g/mol. The molecular weight excluding hydrogens is 274 g/mol. The molecule has 1 aliphatic rings. The summed E-state index contributed by atoms with van der Waals surface area (Å²) in [7, 11) is 0. The van der Waals surface area contributed by atoms with Crippen molar-refractivity contribution in [1.82, 2.24) is 0 Å². The minimum absolute atomic E-state index is 0.270. The number of esters is 1. The lowest BCUT2D eigenvalue weighted by Crippen LogP contribution is -2.04. The number of benzene rings is 2. The van der Waals surface area contributed by atoms with Crippen molar-refractivity contribution < 1.29 is 9.53 Å². The van der Waals surface area contributed by atoms with E-state index in [0.29, 0.717) is 10.9 Å². The summed E-state index contributed by atoms with van der Waals surface area (Å²) in [6, 6.07) is 16.5. The summed E-state index contributed by atoms with van der Waals surface area (Å²) in [5.74, 6) is -0.132. The largest absolute Gasteiger partial charge is 0.402 e. The summed E-state index contributed by atoms with van der Waals surface area (Å²) in [5.41, 5.74) is 1.85. The molecule has 98 valence electrons. The molecule has 0 fully saturated rings. The Morgan fingerprint density at radius 3 is 2.60 bits per heavy atom. The van der Waals surface area contributed by atoms with Gasteiger partial charge in [0.05, 0.1) is 0 Å². The summed E-state index contributed by atoms with van der Waals surface area (Å²) in [6.07, 6.45) is 1.66. The molecule has 0 amide bonds. The van der Waals surface area contributed by atoms with Crippen LogP contribution in [0.3, 0.4) is 0 Å². The summed E-state index contributed by atoms with van der Waals surface area (Å²) < 4.78 is 5.17. The van der Waals surface area contributed by atoms with Crippen LogP contribution < -0.4 is 0 Å². The molecule has 0 atom stereocenters. The normalized spacial score (nSPS) is 16.1. The van der Waals surface area contributed by atoms with E-state index >= 15 is 0 Å².